The van der Waals surface area contributed by atoms with Gasteiger partial charge in [-0.25, -0.2) is 0 Å². The number of carbonyl (C=O) groups excluding carboxylic acids is 1. The van der Waals surface area contributed by atoms with E-state index >= 15 is 0 Å². The first-order valence-corrected chi connectivity index (χ1v) is 5.43. The number of esters is 1. The van der Waals surface area contributed by atoms with E-state index in [2.05, 4.69) is 0 Å². The summed E-state index contributed by atoms with van der Waals surface area (Å²) in [5.74, 6) is 0.229. The van der Waals surface area contributed by atoms with E-state index in [9.17, 15) is 4.79 Å². The largest absolute Gasteiger partial charge is 0.508 e. The molecule has 0 aromatic heterocycles. The standard InChI is InChI=1S/C8H8O3.C6H6O2/c1-6(9)11-8-4-2-3-7(10)5-8;7-5-2-1-3-6(8)4-5/h2-5,10H,1H3;1-4,7-8H. The highest BCUT2D eigenvalue weighted by Gasteiger charge is 1.97. The zero-order chi connectivity index (χ0) is 14.3. The zero-order valence-electron chi connectivity index (χ0n) is 10.3. The van der Waals surface area contributed by atoms with Gasteiger partial charge in [0.25, 0.3) is 0 Å². The van der Waals surface area contributed by atoms with Crippen molar-refractivity contribution in [2.75, 3.05) is 0 Å². The van der Waals surface area contributed by atoms with Crippen molar-refractivity contribution >= 4 is 5.97 Å². The molecule has 5 nitrogen and oxygen atoms in total. The second-order valence-corrected chi connectivity index (χ2v) is 3.61. The van der Waals surface area contributed by atoms with E-state index in [1.54, 1.807) is 18.2 Å². The number of phenols is 3. The van der Waals surface area contributed by atoms with Crippen LogP contribution in [0.1, 0.15) is 6.92 Å². The third kappa shape index (κ3) is 5.97. The van der Waals surface area contributed by atoms with E-state index < -0.39 is 5.97 Å². The smallest absolute Gasteiger partial charge is 0.308 e. The summed E-state index contributed by atoms with van der Waals surface area (Å²) in [6.45, 7) is 1.31. The summed E-state index contributed by atoms with van der Waals surface area (Å²) in [7, 11) is 0. The van der Waals surface area contributed by atoms with Crippen LogP contribution in [0, 0.1) is 0 Å². The van der Waals surface area contributed by atoms with Gasteiger partial charge in [-0.1, -0.05) is 12.1 Å². The van der Waals surface area contributed by atoms with Gasteiger partial charge in [-0.05, 0) is 24.3 Å². The number of carbonyl (C=O) groups is 1. The quantitative estimate of drug-likeness (QED) is 0.542. The minimum Gasteiger partial charge on any atom is -0.508 e. The van der Waals surface area contributed by atoms with Crippen LogP contribution in [0.5, 0.6) is 23.0 Å². The number of hydrogen-bond acceptors (Lipinski definition) is 5. The van der Waals surface area contributed by atoms with Crippen molar-refractivity contribution in [3.8, 4) is 23.0 Å². The Labute approximate surface area is 110 Å². The van der Waals surface area contributed by atoms with Gasteiger partial charge in [0, 0.05) is 19.1 Å². The predicted molar refractivity (Wildman–Crippen MR) is 69.2 cm³/mol. The number of benzene rings is 2. The lowest BCUT2D eigenvalue weighted by atomic mass is 10.3. The Morgan fingerprint density at radius 3 is 1.74 bits per heavy atom. The molecule has 0 saturated heterocycles. The molecule has 0 atom stereocenters. The maximum atomic E-state index is 10.4. The second-order valence-electron chi connectivity index (χ2n) is 3.61. The van der Waals surface area contributed by atoms with Gasteiger partial charge in [0.2, 0.25) is 0 Å². The lowest BCUT2D eigenvalue weighted by Gasteiger charge is -1.99. The Balaban J connectivity index is 0.000000200. The molecule has 19 heavy (non-hydrogen) atoms. The SMILES string of the molecule is CC(=O)Oc1cccc(O)c1.Oc1cccc(O)c1. The molecular weight excluding hydrogens is 248 g/mol. The molecule has 2 rings (SSSR count). The van der Waals surface area contributed by atoms with Crippen LogP contribution in [0.15, 0.2) is 48.5 Å². The highest BCUT2D eigenvalue weighted by molar-refractivity contribution is 5.69. The van der Waals surface area contributed by atoms with E-state index in [1.165, 1.54) is 37.3 Å². The molecule has 2 aromatic carbocycles. The fourth-order valence-electron chi connectivity index (χ4n) is 1.21. The maximum Gasteiger partial charge on any atom is 0.308 e. The molecule has 0 amide bonds. The van der Waals surface area contributed by atoms with E-state index in [0.717, 1.165) is 0 Å². The van der Waals surface area contributed by atoms with Crippen molar-refractivity contribution in [2.45, 2.75) is 6.92 Å². The van der Waals surface area contributed by atoms with Crippen LogP contribution in [-0.4, -0.2) is 21.3 Å². The third-order valence-corrected chi connectivity index (χ3v) is 1.91. The third-order valence-electron chi connectivity index (χ3n) is 1.91. The molecular formula is C14H14O5. The van der Waals surface area contributed by atoms with Gasteiger partial charge in [0.1, 0.15) is 23.0 Å². The van der Waals surface area contributed by atoms with Gasteiger partial charge in [-0.15, -0.1) is 0 Å². The molecule has 0 aliphatic carbocycles. The Morgan fingerprint density at radius 2 is 1.37 bits per heavy atom. The van der Waals surface area contributed by atoms with E-state index in [0.29, 0.717) is 5.75 Å². The van der Waals surface area contributed by atoms with Crippen LogP contribution in [0.3, 0.4) is 0 Å². The van der Waals surface area contributed by atoms with Gasteiger partial charge in [-0.2, -0.15) is 0 Å². The topological polar surface area (TPSA) is 87.0 Å². The van der Waals surface area contributed by atoms with Crippen molar-refractivity contribution in [1.82, 2.24) is 0 Å². The van der Waals surface area contributed by atoms with Crippen molar-refractivity contribution < 1.29 is 24.9 Å². The molecule has 0 radical (unpaired) electrons. The summed E-state index contributed by atoms with van der Waals surface area (Å²) >= 11 is 0. The molecule has 0 heterocycles. The fraction of sp³-hybridized carbons (Fsp3) is 0.0714. The number of aromatic hydroxyl groups is 3. The summed E-state index contributed by atoms with van der Waals surface area (Å²) < 4.78 is 4.70. The first-order chi connectivity index (χ1) is 8.97. The van der Waals surface area contributed by atoms with E-state index in [4.69, 9.17) is 20.1 Å². The average Bonchev–Trinajstić information content (AvgIpc) is 2.28. The van der Waals surface area contributed by atoms with Gasteiger partial charge < -0.3 is 20.1 Å². The lowest BCUT2D eigenvalue weighted by Crippen LogP contribution is -2.00. The Kier molecular flexibility index (Phi) is 5.22. The van der Waals surface area contributed by atoms with Crippen LogP contribution >= 0.6 is 0 Å². The minimum absolute atomic E-state index is 0.0868. The molecule has 100 valence electrons. The van der Waals surface area contributed by atoms with Gasteiger partial charge in [0.15, 0.2) is 0 Å². The molecule has 0 saturated carbocycles. The van der Waals surface area contributed by atoms with Crippen LogP contribution in [-0.2, 0) is 4.79 Å². The Hall–Kier alpha value is -2.69. The first-order valence-electron chi connectivity index (χ1n) is 5.43. The van der Waals surface area contributed by atoms with Crippen LogP contribution < -0.4 is 4.74 Å². The number of phenolic OH excluding ortho intramolecular Hbond substituents is 3. The average molecular weight is 262 g/mol. The summed E-state index contributed by atoms with van der Waals surface area (Å²) in [6, 6.07) is 11.9. The van der Waals surface area contributed by atoms with Crippen molar-refractivity contribution in [2.24, 2.45) is 0 Å². The first kappa shape index (κ1) is 14.4. The molecule has 2 aromatic rings. The van der Waals surface area contributed by atoms with Crippen molar-refractivity contribution in [1.29, 1.82) is 0 Å². The van der Waals surface area contributed by atoms with Gasteiger partial charge in [-0.3, -0.25) is 4.79 Å². The second kappa shape index (κ2) is 6.90. The summed E-state index contributed by atoms with van der Waals surface area (Å²) in [5, 5.41) is 26.2. The van der Waals surface area contributed by atoms with E-state index in [-0.39, 0.29) is 17.2 Å². The monoisotopic (exact) mass is 262 g/mol. The van der Waals surface area contributed by atoms with Gasteiger partial charge >= 0.3 is 5.97 Å². The predicted octanol–water partition coefficient (Wildman–Crippen LogP) is 2.42. The summed E-state index contributed by atoms with van der Waals surface area (Å²) in [4.78, 5) is 10.4. The van der Waals surface area contributed by atoms with E-state index in [1.807, 2.05) is 0 Å². The fourth-order valence-corrected chi connectivity index (χ4v) is 1.21. The molecule has 0 bridgehead atoms. The Morgan fingerprint density at radius 1 is 0.895 bits per heavy atom. The highest BCUT2D eigenvalue weighted by atomic mass is 16.5. The van der Waals surface area contributed by atoms with Crippen LogP contribution in [0.2, 0.25) is 0 Å². The highest BCUT2D eigenvalue weighted by Crippen LogP contribution is 2.17. The number of hydrogen-bond donors (Lipinski definition) is 3. The maximum absolute atomic E-state index is 10.4. The van der Waals surface area contributed by atoms with Crippen molar-refractivity contribution in [3.63, 3.8) is 0 Å². The summed E-state index contributed by atoms with van der Waals surface area (Å²) in [5.41, 5.74) is 0. The molecule has 0 aliphatic rings. The number of ether oxygens (including phenoxy) is 1. The van der Waals surface area contributed by atoms with Crippen LogP contribution in [0.25, 0.3) is 0 Å². The zero-order valence-corrected chi connectivity index (χ0v) is 10.3. The lowest BCUT2D eigenvalue weighted by molar-refractivity contribution is -0.131. The van der Waals surface area contributed by atoms with Crippen LogP contribution in [0.4, 0.5) is 0 Å². The summed E-state index contributed by atoms with van der Waals surface area (Å²) in [6.07, 6.45) is 0. The molecule has 5 heteroatoms. The van der Waals surface area contributed by atoms with Gasteiger partial charge in [0.05, 0.1) is 0 Å². The minimum atomic E-state index is -0.393. The molecule has 0 spiro atoms. The molecule has 0 aliphatic heterocycles. The molecule has 3 N–H and O–H groups in total. The Bertz CT molecular complexity index is 534. The van der Waals surface area contributed by atoms with Crippen molar-refractivity contribution in [3.05, 3.63) is 48.5 Å². The molecule has 0 fully saturated rings. The molecule has 0 unspecified atom stereocenters. The normalized spacial score (nSPS) is 9.11. The number of rotatable bonds is 1.